The Hall–Kier alpha value is -2.81. The molecule has 3 aromatic rings. The maximum Gasteiger partial charge on any atom is 0.271 e. The number of anilines is 1. The lowest BCUT2D eigenvalue weighted by molar-refractivity contribution is 0.603. The highest BCUT2D eigenvalue weighted by atomic mass is 32.2. The number of nitrogens with zero attached hydrogens (tertiary/aromatic N) is 2. The van der Waals surface area contributed by atoms with Crippen LogP contribution in [-0.4, -0.2) is 13.4 Å². The van der Waals surface area contributed by atoms with E-state index in [4.69, 9.17) is 10.5 Å². The molecule has 1 aromatic carbocycles. The summed E-state index contributed by atoms with van der Waals surface area (Å²) in [5.41, 5.74) is 2.20. The minimum atomic E-state index is -3.79. The van der Waals surface area contributed by atoms with E-state index < -0.39 is 10.0 Å². The van der Waals surface area contributed by atoms with Crippen molar-refractivity contribution >= 4 is 38.0 Å². The van der Waals surface area contributed by atoms with Crippen LogP contribution in [0.15, 0.2) is 34.7 Å². The second kappa shape index (κ2) is 5.43. The fourth-order valence-corrected chi connectivity index (χ4v) is 4.44. The molecule has 0 saturated carbocycles. The van der Waals surface area contributed by atoms with Gasteiger partial charge in [0, 0.05) is 11.6 Å². The zero-order chi connectivity index (χ0) is 16.6. The van der Waals surface area contributed by atoms with Gasteiger partial charge in [-0.2, -0.15) is 10.5 Å². The zero-order valence-corrected chi connectivity index (χ0v) is 13.5. The van der Waals surface area contributed by atoms with E-state index in [-0.39, 0.29) is 4.21 Å². The van der Waals surface area contributed by atoms with E-state index >= 15 is 0 Å². The predicted octanol–water partition coefficient (Wildman–Crippen LogP) is 3.08. The van der Waals surface area contributed by atoms with E-state index in [9.17, 15) is 8.42 Å². The summed E-state index contributed by atoms with van der Waals surface area (Å²) in [5.74, 6) is 0. The van der Waals surface area contributed by atoms with Gasteiger partial charge in [-0.05, 0) is 36.8 Å². The zero-order valence-electron chi connectivity index (χ0n) is 11.9. The molecule has 6 nitrogen and oxygen atoms in total. The lowest BCUT2D eigenvalue weighted by Crippen LogP contribution is -2.12. The molecular weight excluding hydrogens is 332 g/mol. The van der Waals surface area contributed by atoms with E-state index in [1.54, 1.807) is 12.3 Å². The molecule has 3 rings (SSSR count). The quantitative estimate of drug-likeness (QED) is 0.762. The van der Waals surface area contributed by atoms with Gasteiger partial charge >= 0.3 is 0 Å². The van der Waals surface area contributed by atoms with Crippen LogP contribution in [0, 0.1) is 29.6 Å². The number of sulfonamides is 1. The summed E-state index contributed by atoms with van der Waals surface area (Å²) in [4.78, 5) is 3.25. The Morgan fingerprint density at radius 1 is 1.22 bits per heavy atom. The maximum absolute atomic E-state index is 12.5. The van der Waals surface area contributed by atoms with Crippen molar-refractivity contribution in [2.75, 3.05) is 4.72 Å². The Bertz CT molecular complexity index is 1090. The number of rotatable bonds is 3. The van der Waals surface area contributed by atoms with E-state index in [1.807, 2.05) is 19.1 Å². The number of hydrogen-bond donors (Lipinski definition) is 2. The van der Waals surface area contributed by atoms with Crippen molar-refractivity contribution in [1.29, 1.82) is 10.5 Å². The topological polar surface area (TPSA) is 110 Å². The molecule has 114 valence electrons. The molecule has 0 bridgehead atoms. The molecule has 0 amide bonds. The van der Waals surface area contributed by atoms with Crippen LogP contribution in [0.1, 0.15) is 16.0 Å². The highest BCUT2D eigenvalue weighted by Crippen LogP contribution is 2.30. The summed E-state index contributed by atoms with van der Waals surface area (Å²) >= 11 is 0.904. The molecular formula is C15H10N4O2S2. The Morgan fingerprint density at radius 3 is 2.65 bits per heavy atom. The van der Waals surface area contributed by atoms with Crippen molar-refractivity contribution in [3.05, 3.63) is 46.5 Å². The monoisotopic (exact) mass is 342 g/mol. The van der Waals surface area contributed by atoms with Crippen molar-refractivity contribution in [2.45, 2.75) is 11.1 Å². The Labute approximate surface area is 136 Å². The van der Waals surface area contributed by atoms with Gasteiger partial charge in [0.2, 0.25) is 0 Å². The Kier molecular flexibility index (Phi) is 3.57. The van der Waals surface area contributed by atoms with Gasteiger partial charge in [-0.3, -0.25) is 4.72 Å². The van der Waals surface area contributed by atoms with Gasteiger partial charge in [0.1, 0.15) is 21.2 Å². The molecule has 0 unspecified atom stereocenters. The average molecular weight is 342 g/mol. The fraction of sp³-hybridized carbons (Fsp3) is 0.0667. The first-order chi connectivity index (χ1) is 10.9. The van der Waals surface area contributed by atoms with Gasteiger partial charge in [-0.25, -0.2) is 8.42 Å². The number of benzene rings is 1. The fourth-order valence-electron chi connectivity index (χ4n) is 2.27. The third-order valence-electron chi connectivity index (χ3n) is 3.25. The van der Waals surface area contributed by atoms with Gasteiger partial charge in [0.05, 0.1) is 16.8 Å². The minimum Gasteiger partial charge on any atom is -0.358 e. The van der Waals surface area contributed by atoms with Crippen LogP contribution < -0.4 is 4.72 Å². The number of H-pyrrole nitrogens is 1. The standard InChI is InChI=1S/C15H10N4O2S2/c1-9-4-12-10(6-16)8-18-15(12)13(5-9)19-23(20,21)14-3-2-11(7-17)22-14/h2-5,8,18-19H,1H3. The van der Waals surface area contributed by atoms with E-state index in [2.05, 4.69) is 15.8 Å². The Morgan fingerprint density at radius 2 is 2.00 bits per heavy atom. The molecule has 23 heavy (non-hydrogen) atoms. The first-order valence-corrected chi connectivity index (χ1v) is 8.79. The summed E-state index contributed by atoms with van der Waals surface area (Å²) in [5, 5.41) is 18.6. The van der Waals surface area contributed by atoms with Crippen molar-refractivity contribution in [1.82, 2.24) is 4.98 Å². The molecule has 2 aromatic heterocycles. The van der Waals surface area contributed by atoms with Gasteiger partial charge < -0.3 is 4.98 Å². The summed E-state index contributed by atoms with van der Waals surface area (Å²) < 4.78 is 27.5. The number of nitriles is 2. The second-order valence-corrected chi connectivity index (χ2v) is 7.88. The smallest absolute Gasteiger partial charge is 0.271 e. The molecule has 0 saturated heterocycles. The number of aryl methyl sites for hydroxylation is 1. The SMILES string of the molecule is Cc1cc(NS(=O)(=O)c2ccc(C#N)s2)c2[nH]cc(C#N)c2c1. The first-order valence-electron chi connectivity index (χ1n) is 6.49. The number of aromatic nitrogens is 1. The number of nitrogens with one attached hydrogen (secondary N) is 2. The minimum absolute atomic E-state index is 0.0655. The van der Waals surface area contributed by atoms with Crippen LogP contribution >= 0.6 is 11.3 Å². The summed E-state index contributed by atoms with van der Waals surface area (Å²) in [6.07, 6.45) is 1.54. The average Bonchev–Trinajstić information content (AvgIpc) is 3.13. The third-order valence-corrected chi connectivity index (χ3v) is 6.10. The van der Waals surface area contributed by atoms with E-state index in [1.165, 1.54) is 12.1 Å². The lowest BCUT2D eigenvalue weighted by Gasteiger charge is -2.09. The van der Waals surface area contributed by atoms with E-state index in [0.717, 1.165) is 16.9 Å². The van der Waals surface area contributed by atoms with Gasteiger partial charge in [-0.15, -0.1) is 11.3 Å². The predicted molar refractivity (Wildman–Crippen MR) is 87.6 cm³/mol. The molecule has 0 atom stereocenters. The third kappa shape index (κ3) is 2.66. The number of fused-ring (bicyclic) bond motifs is 1. The van der Waals surface area contributed by atoms with Crippen LogP contribution in [0.2, 0.25) is 0 Å². The van der Waals surface area contributed by atoms with Crippen LogP contribution in [0.25, 0.3) is 10.9 Å². The highest BCUT2D eigenvalue weighted by Gasteiger charge is 2.19. The number of hydrogen-bond acceptors (Lipinski definition) is 5. The van der Waals surface area contributed by atoms with Crippen LogP contribution in [0.5, 0.6) is 0 Å². The van der Waals surface area contributed by atoms with Gasteiger partial charge in [-0.1, -0.05) is 0 Å². The second-order valence-electron chi connectivity index (χ2n) is 4.89. The molecule has 0 aliphatic carbocycles. The summed E-state index contributed by atoms with van der Waals surface area (Å²) in [7, 11) is -3.79. The molecule has 0 radical (unpaired) electrons. The molecule has 2 heterocycles. The molecule has 2 N–H and O–H groups in total. The normalized spacial score (nSPS) is 11.1. The molecule has 0 aliphatic rings. The molecule has 0 spiro atoms. The summed E-state index contributed by atoms with van der Waals surface area (Å²) in [6, 6.07) is 10.4. The first kappa shape index (κ1) is 15.1. The maximum atomic E-state index is 12.5. The summed E-state index contributed by atoms with van der Waals surface area (Å²) in [6.45, 7) is 1.82. The van der Waals surface area contributed by atoms with Gasteiger partial charge in [0.25, 0.3) is 10.0 Å². The van der Waals surface area contributed by atoms with Crippen molar-refractivity contribution in [2.24, 2.45) is 0 Å². The van der Waals surface area contributed by atoms with Crippen LogP contribution in [0.4, 0.5) is 5.69 Å². The van der Waals surface area contributed by atoms with Crippen LogP contribution in [-0.2, 0) is 10.0 Å². The Balaban J connectivity index is 2.09. The van der Waals surface area contributed by atoms with Crippen molar-refractivity contribution < 1.29 is 8.42 Å². The largest absolute Gasteiger partial charge is 0.358 e. The van der Waals surface area contributed by atoms with Crippen molar-refractivity contribution in [3.8, 4) is 12.1 Å². The van der Waals surface area contributed by atoms with Crippen molar-refractivity contribution in [3.63, 3.8) is 0 Å². The molecule has 0 fully saturated rings. The van der Waals surface area contributed by atoms with Gasteiger partial charge in [0.15, 0.2) is 0 Å². The highest BCUT2D eigenvalue weighted by molar-refractivity contribution is 7.94. The van der Waals surface area contributed by atoms with E-state index in [0.29, 0.717) is 27.0 Å². The molecule has 8 heteroatoms. The molecule has 0 aliphatic heterocycles. The van der Waals surface area contributed by atoms with Crippen LogP contribution in [0.3, 0.4) is 0 Å². The lowest BCUT2D eigenvalue weighted by atomic mass is 10.1. The number of aromatic amines is 1. The number of thiophene rings is 1.